The summed E-state index contributed by atoms with van der Waals surface area (Å²) in [5.41, 5.74) is 3.07. The molecule has 0 saturated carbocycles. The first kappa shape index (κ1) is 22.1. The number of amides is 1. The van der Waals surface area contributed by atoms with E-state index in [4.69, 9.17) is 4.74 Å². The number of aryl methyl sites for hydroxylation is 2. The number of nitrogens with zero attached hydrogens (tertiary/aromatic N) is 4. The minimum absolute atomic E-state index is 0.201. The number of ether oxygens (including phenoxy) is 1. The molecule has 8 nitrogen and oxygen atoms in total. The van der Waals surface area contributed by atoms with Crippen molar-refractivity contribution < 1.29 is 23.1 Å². The predicted octanol–water partition coefficient (Wildman–Crippen LogP) is 3.42. The Balaban J connectivity index is 1.78. The molecular formula is C21H23F2N5O3. The lowest BCUT2D eigenvalue weighted by Crippen LogP contribution is -2.21. The number of nitrogens with one attached hydrogen (secondary N) is 1. The minimum atomic E-state index is -2.70. The van der Waals surface area contributed by atoms with E-state index in [0.717, 1.165) is 5.56 Å². The summed E-state index contributed by atoms with van der Waals surface area (Å²) in [5.74, 6) is -0.851. The second-order valence-electron chi connectivity index (χ2n) is 7.07. The first-order valence-corrected chi connectivity index (χ1v) is 9.53. The third-order valence-corrected chi connectivity index (χ3v) is 4.91. The number of anilines is 1. The van der Waals surface area contributed by atoms with Gasteiger partial charge in [-0.1, -0.05) is 18.2 Å². The highest BCUT2D eigenvalue weighted by molar-refractivity contribution is 5.92. The molecule has 10 heteroatoms. The van der Waals surface area contributed by atoms with Gasteiger partial charge in [0.15, 0.2) is 0 Å². The topological polar surface area (TPSA) is 91.0 Å². The van der Waals surface area contributed by atoms with Crippen LogP contribution in [0.25, 0.3) is 0 Å². The highest BCUT2D eigenvalue weighted by Gasteiger charge is 2.19. The smallest absolute Gasteiger partial charge is 0.338 e. The summed E-state index contributed by atoms with van der Waals surface area (Å²) >= 11 is 0. The Hall–Kier alpha value is -3.56. The van der Waals surface area contributed by atoms with E-state index in [1.54, 1.807) is 37.6 Å². The number of alkyl halides is 2. The molecule has 0 atom stereocenters. The highest BCUT2D eigenvalue weighted by atomic mass is 19.3. The lowest BCUT2D eigenvalue weighted by atomic mass is 10.1. The fourth-order valence-electron chi connectivity index (χ4n) is 3.28. The molecule has 1 N–H and O–H groups in total. The van der Waals surface area contributed by atoms with Crippen molar-refractivity contribution in [1.29, 1.82) is 0 Å². The van der Waals surface area contributed by atoms with Crippen LogP contribution >= 0.6 is 0 Å². The molecule has 0 bridgehead atoms. The summed E-state index contributed by atoms with van der Waals surface area (Å²) in [6, 6.07) is 8.30. The van der Waals surface area contributed by atoms with Crippen molar-refractivity contribution in [2.24, 2.45) is 0 Å². The van der Waals surface area contributed by atoms with E-state index in [9.17, 15) is 18.4 Å². The molecule has 0 saturated heterocycles. The van der Waals surface area contributed by atoms with Crippen LogP contribution in [0.1, 0.15) is 45.1 Å². The van der Waals surface area contributed by atoms with Crippen molar-refractivity contribution in [3.63, 3.8) is 0 Å². The largest absolute Gasteiger partial charge is 0.465 e. The zero-order chi connectivity index (χ0) is 22.7. The van der Waals surface area contributed by atoms with Crippen molar-refractivity contribution >= 4 is 17.6 Å². The fourth-order valence-corrected chi connectivity index (χ4v) is 3.28. The lowest BCUT2D eigenvalue weighted by molar-refractivity contribution is -0.117. The van der Waals surface area contributed by atoms with Crippen molar-refractivity contribution in [3.8, 4) is 0 Å². The molecule has 0 aliphatic carbocycles. The molecule has 0 spiro atoms. The normalized spacial score (nSPS) is 11.1. The summed E-state index contributed by atoms with van der Waals surface area (Å²) in [4.78, 5) is 24.5. The molecule has 0 radical (unpaired) electrons. The van der Waals surface area contributed by atoms with Gasteiger partial charge in [0.05, 0.1) is 36.3 Å². The van der Waals surface area contributed by atoms with E-state index in [0.29, 0.717) is 34.9 Å². The van der Waals surface area contributed by atoms with Crippen LogP contribution in [-0.4, -0.2) is 38.5 Å². The number of hydrogen-bond donors (Lipinski definition) is 1. The van der Waals surface area contributed by atoms with Gasteiger partial charge in [-0.25, -0.2) is 13.6 Å². The highest BCUT2D eigenvalue weighted by Crippen LogP contribution is 2.22. The van der Waals surface area contributed by atoms with Gasteiger partial charge >= 0.3 is 5.97 Å². The van der Waals surface area contributed by atoms with E-state index >= 15 is 0 Å². The second kappa shape index (κ2) is 9.07. The summed E-state index contributed by atoms with van der Waals surface area (Å²) < 4.78 is 33.4. The maximum absolute atomic E-state index is 12.8. The number of carbonyl (C=O) groups is 2. The molecule has 0 fully saturated rings. The van der Waals surface area contributed by atoms with E-state index in [2.05, 4.69) is 15.5 Å². The van der Waals surface area contributed by atoms with Gasteiger partial charge in [-0.3, -0.25) is 14.2 Å². The van der Waals surface area contributed by atoms with E-state index in [-0.39, 0.29) is 12.2 Å². The quantitative estimate of drug-likeness (QED) is 0.579. The minimum Gasteiger partial charge on any atom is -0.465 e. The zero-order valence-corrected chi connectivity index (χ0v) is 17.6. The Morgan fingerprint density at radius 1 is 1.13 bits per heavy atom. The zero-order valence-electron chi connectivity index (χ0n) is 17.6. The average molecular weight is 431 g/mol. The number of benzene rings is 1. The Morgan fingerprint density at radius 3 is 2.48 bits per heavy atom. The molecule has 31 heavy (non-hydrogen) atoms. The van der Waals surface area contributed by atoms with Crippen LogP contribution < -0.4 is 5.32 Å². The van der Waals surface area contributed by atoms with Crippen LogP contribution in [0.15, 0.2) is 30.3 Å². The number of aromatic nitrogens is 4. The number of methoxy groups -OCH3 is 1. The Morgan fingerprint density at radius 2 is 1.84 bits per heavy atom. The summed E-state index contributed by atoms with van der Waals surface area (Å²) in [6.45, 7) is 5.26. The Bertz CT molecular complexity index is 1120. The molecule has 1 amide bonds. The van der Waals surface area contributed by atoms with Gasteiger partial charge in [-0.05, 0) is 38.5 Å². The van der Waals surface area contributed by atoms with Crippen molar-refractivity contribution in [2.75, 3.05) is 12.4 Å². The molecular weight excluding hydrogens is 408 g/mol. The van der Waals surface area contributed by atoms with Gasteiger partial charge in [0, 0.05) is 5.69 Å². The summed E-state index contributed by atoms with van der Waals surface area (Å²) in [6.07, 6.45) is -2.70. The van der Waals surface area contributed by atoms with Crippen LogP contribution in [0, 0.1) is 20.8 Å². The standard InChI is InChI=1S/C21H23F2N5O3/c1-12-9-17(20(22)23)26-27(12)11-18(29)24-19-13(2)25-28(14(19)3)10-15-7-5-6-8-16(15)21(30)31-4/h5-9,20H,10-11H2,1-4H3,(H,24,29). The van der Waals surface area contributed by atoms with Gasteiger partial charge in [-0.15, -0.1) is 0 Å². The maximum Gasteiger partial charge on any atom is 0.338 e. The van der Waals surface area contributed by atoms with Crippen molar-refractivity contribution in [3.05, 3.63) is 64.2 Å². The van der Waals surface area contributed by atoms with E-state index in [1.807, 2.05) is 12.1 Å². The molecule has 2 aromatic heterocycles. The molecule has 3 rings (SSSR count). The number of carbonyl (C=O) groups excluding carboxylic acids is 2. The van der Waals surface area contributed by atoms with Gasteiger partial charge in [0.25, 0.3) is 6.43 Å². The van der Waals surface area contributed by atoms with Crippen molar-refractivity contribution in [2.45, 2.75) is 40.3 Å². The van der Waals surface area contributed by atoms with Crippen LogP contribution in [0.3, 0.4) is 0 Å². The first-order valence-electron chi connectivity index (χ1n) is 9.53. The van der Waals surface area contributed by atoms with E-state index < -0.39 is 18.3 Å². The molecule has 0 aliphatic heterocycles. The molecule has 3 aromatic rings. The number of esters is 1. The molecule has 0 aliphatic rings. The third-order valence-electron chi connectivity index (χ3n) is 4.91. The number of rotatable bonds is 7. The molecule has 1 aromatic carbocycles. The fraction of sp³-hybridized carbons (Fsp3) is 0.333. The average Bonchev–Trinajstić information content (AvgIpc) is 3.22. The Kier molecular flexibility index (Phi) is 6.47. The van der Waals surface area contributed by atoms with Crippen LogP contribution in [0.4, 0.5) is 14.5 Å². The predicted molar refractivity (Wildman–Crippen MR) is 109 cm³/mol. The van der Waals surface area contributed by atoms with Crippen LogP contribution in [0.2, 0.25) is 0 Å². The number of halogens is 2. The molecule has 0 unspecified atom stereocenters. The van der Waals surface area contributed by atoms with Crippen LogP contribution in [-0.2, 0) is 22.6 Å². The van der Waals surface area contributed by atoms with Crippen LogP contribution in [0.5, 0.6) is 0 Å². The van der Waals surface area contributed by atoms with Gasteiger partial charge in [-0.2, -0.15) is 10.2 Å². The van der Waals surface area contributed by atoms with Gasteiger partial charge < -0.3 is 10.1 Å². The van der Waals surface area contributed by atoms with Gasteiger partial charge in [0.1, 0.15) is 12.2 Å². The second-order valence-corrected chi connectivity index (χ2v) is 7.07. The third kappa shape index (κ3) is 4.79. The number of hydrogen-bond acceptors (Lipinski definition) is 5. The monoisotopic (exact) mass is 431 g/mol. The first-order chi connectivity index (χ1) is 14.7. The SMILES string of the molecule is COC(=O)c1ccccc1Cn1nc(C)c(NC(=O)Cn2nc(C(F)F)cc2C)c1C. The molecule has 2 heterocycles. The lowest BCUT2D eigenvalue weighted by Gasteiger charge is -2.10. The van der Waals surface area contributed by atoms with Crippen molar-refractivity contribution in [1.82, 2.24) is 19.6 Å². The maximum atomic E-state index is 12.8. The summed E-state index contributed by atoms with van der Waals surface area (Å²) in [5, 5.41) is 11.0. The molecule has 164 valence electrons. The van der Waals surface area contributed by atoms with Gasteiger partial charge in [0.2, 0.25) is 5.91 Å². The summed E-state index contributed by atoms with van der Waals surface area (Å²) in [7, 11) is 1.32. The Labute approximate surface area is 177 Å². The van der Waals surface area contributed by atoms with E-state index in [1.165, 1.54) is 17.9 Å².